The van der Waals surface area contributed by atoms with Gasteiger partial charge in [-0.15, -0.1) is 0 Å². The van der Waals surface area contributed by atoms with Crippen molar-refractivity contribution in [1.82, 2.24) is 10.6 Å². The quantitative estimate of drug-likeness (QED) is 0.824. The van der Waals surface area contributed by atoms with Gasteiger partial charge in [0.2, 0.25) is 11.8 Å². The average molecular weight is 331 g/mol. The third-order valence-electron chi connectivity index (χ3n) is 4.86. The summed E-state index contributed by atoms with van der Waals surface area (Å²) in [6.07, 6.45) is 3.14. The highest BCUT2D eigenvalue weighted by molar-refractivity contribution is 6.02. The second-order valence-corrected chi connectivity index (χ2v) is 6.47. The van der Waals surface area contributed by atoms with Crippen LogP contribution in [-0.2, 0) is 9.59 Å². The summed E-state index contributed by atoms with van der Waals surface area (Å²) < 4.78 is 5.33. The zero-order valence-corrected chi connectivity index (χ0v) is 14.1. The molecule has 0 saturated carbocycles. The average Bonchev–Trinajstić information content (AvgIpc) is 3.24. The Morgan fingerprint density at radius 2 is 2.21 bits per heavy atom. The Labute approximate surface area is 142 Å². The first-order valence-corrected chi connectivity index (χ1v) is 8.63. The molecule has 0 aliphatic carbocycles. The molecule has 0 spiro atoms. The molecule has 6 nitrogen and oxygen atoms in total. The number of hydrogen-bond acceptors (Lipinski definition) is 4. The van der Waals surface area contributed by atoms with E-state index in [2.05, 4.69) is 10.6 Å². The summed E-state index contributed by atoms with van der Waals surface area (Å²) in [5, 5.41) is 6.21. The molecule has 2 aliphatic rings. The number of benzene rings is 1. The molecule has 2 heterocycles. The first kappa shape index (κ1) is 16.8. The van der Waals surface area contributed by atoms with Gasteiger partial charge in [-0.05, 0) is 50.4 Å². The molecule has 24 heavy (non-hydrogen) atoms. The summed E-state index contributed by atoms with van der Waals surface area (Å²) in [4.78, 5) is 26.5. The number of para-hydroxylation sites is 2. The van der Waals surface area contributed by atoms with Crippen molar-refractivity contribution < 1.29 is 14.3 Å². The standard InChI is InChI=1S/C18H25N3O3/c1-24-16-5-3-2-4-15(16)21-11-9-14(18(21)23)20-17(22)7-6-13-8-10-19-12-13/h2-5,13-14,19H,6-12H2,1H3,(H,20,22). The summed E-state index contributed by atoms with van der Waals surface area (Å²) >= 11 is 0. The largest absolute Gasteiger partial charge is 0.495 e. The summed E-state index contributed by atoms with van der Waals surface area (Å²) in [5.74, 6) is 1.17. The normalized spacial score (nSPS) is 23.5. The number of rotatable bonds is 6. The Hall–Kier alpha value is -2.08. The molecule has 2 aliphatic heterocycles. The van der Waals surface area contributed by atoms with Gasteiger partial charge in [0.1, 0.15) is 11.8 Å². The van der Waals surface area contributed by atoms with Crippen LogP contribution < -0.4 is 20.3 Å². The second-order valence-electron chi connectivity index (χ2n) is 6.47. The van der Waals surface area contributed by atoms with Gasteiger partial charge >= 0.3 is 0 Å². The van der Waals surface area contributed by atoms with Crippen LogP contribution in [-0.4, -0.2) is 44.6 Å². The van der Waals surface area contributed by atoms with Crippen LogP contribution in [0.1, 0.15) is 25.7 Å². The smallest absolute Gasteiger partial charge is 0.249 e. The van der Waals surface area contributed by atoms with Crippen molar-refractivity contribution in [2.45, 2.75) is 31.7 Å². The van der Waals surface area contributed by atoms with E-state index in [1.807, 2.05) is 24.3 Å². The summed E-state index contributed by atoms with van der Waals surface area (Å²) in [6.45, 7) is 2.63. The number of ether oxygens (including phenoxy) is 1. The molecule has 1 aromatic rings. The summed E-state index contributed by atoms with van der Waals surface area (Å²) in [6, 6.07) is 7.04. The van der Waals surface area contributed by atoms with Gasteiger partial charge in [0.25, 0.3) is 0 Å². The van der Waals surface area contributed by atoms with Crippen LogP contribution >= 0.6 is 0 Å². The minimum Gasteiger partial charge on any atom is -0.495 e. The lowest BCUT2D eigenvalue weighted by Gasteiger charge is -2.19. The SMILES string of the molecule is COc1ccccc1N1CCC(NC(=O)CCC2CCNC2)C1=O. The van der Waals surface area contributed by atoms with E-state index in [4.69, 9.17) is 4.74 Å². The van der Waals surface area contributed by atoms with E-state index in [0.29, 0.717) is 31.1 Å². The zero-order valence-electron chi connectivity index (χ0n) is 14.1. The maximum Gasteiger partial charge on any atom is 0.249 e. The summed E-state index contributed by atoms with van der Waals surface area (Å²) in [7, 11) is 1.59. The fourth-order valence-corrected chi connectivity index (χ4v) is 3.47. The van der Waals surface area contributed by atoms with Crippen LogP contribution in [0.3, 0.4) is 0 Å². The number of anilines is 1. The third-order valence-corrected chi connectivity index (χ3v) is 4.86. The fourth-order valence-electron chi connectivity index (χ4n) is 3.47. The molecule has 2 atom stereocenters. The van der Waals surface area contributed by atoms with Gasteiger partial charge in [0, 0.05) is 13.0 Å². The maximum atomic E-state index is 12.6. The molecule has 0 radical (unpaired) electrons. The molecule has 0 aromatic heterocycles. The van der Waals surface area contributed by atoms with Gasteiger partial charge in [0.15, 0.2) is 0 Å². The van der Waals surface area contributed by atoms with E-state index < -0.39 is 6.04 Å². The molecule has 3 rings (SSSR count). The van der Waals surface area contributed by atoms with Crippen LogP contribution in [0, 0.1) is 5.92 Å². The van der Waals surface area contributed by atoms with Crippen molar-refractivity contribution in [3.05, 3.63) is 24.3 Å². The Morgan fingerprint density at radius 1 is 1.38 bits per heavy atom. The Balaban J connectivity index is 1.54. The van der Waals surface area contributed by atoms with Crippen molar-refractivity contribution in [1.29, 1.82) is 0 Å². The number of nitrogens with zero attached hydrogens (tertiary/aromatic N) is 1. The number of methoxy groups -OCH3 is 1. The topological polar surface area (TPSA) is 70.7 Å². The van der Waals surface area contributed by atoms with E-state index in [9.17, 15) is 9.59 Å². The fraction of sp³-hybridized carbons (Fsp3) is 0.556. The van der Waals surface area contributed by atoms with Crippen molar-refractivity contribution in [3.63, 3.8) is 0 Å². The molecule has 2 saturated heterocycles. The molecular formula is C18H25N3O3. The van der Waals surface area contributed by atoms with Gasteiger partial charge in [-0.25, -0.2) is 0 Å². The van der Waals surface area contributed by atoms with Crippen LogP contribution in [0.4, 0.5) is 5.69 Å². The summed E-state index contributed by atoms with van der Waals surface area (Å²) in [5.41, 5.74) is 0.763. The molecule has 0 bridgehead atoms. The van der Waals surface area contributed by atoms with Gasteiger partial charge in [-0.3, -0.25) is 9.59 Å². The minimum absolute atomic E-state index is 0.0258. The zero-order chi connectivity index (χ0) is 16.9. The molecule has 1 aromatic carbocycles. The lowest BCUT2D eigenvalue weighted by molar-refractivity contribution is -0.126. The Bertz CT molecular complexity index is 599. The van der Waals surface area contributed by atoms with Crippen molar-refractivity contribution in [2.24, 2.45) is 5.92 Å². The lowest BCUT2D eigenvalue weighted by atomic mass is 10.0. The Kier molecular flexibility index (Phi) is 5.35. The van der Waals surface area contributed by atoms with Crippen LogP contribution in [0.5, 0.6) is 5.75 Å². The van der Waals surface area contributed by atoms with Gasteiger partial charge in [0.05, 0.1) is 12.8 Å². The molecule has 2 amide bonds. The first-order chi connectivity index (χ1) is 11.7. The van der Waals surface area contributed by atoms with E-state index in [1.165, 1.54) is 0 Å². The van der Waals surface area contributed by atoms with E-state index in [1.54, 1.807) is 12.0 Å². The van der Waals surface area contributed by atoms with Crippen molar-refractivity contribution in [3.8, 4) is 5.75 Å². The second kappa shape index (κ2) is 7.66. The van der Waals surface area contributed by atoms with Gasteiger partial charge < -0.3 is 20.3 Å². The molecule has 6 heteroatoms. The predicted octanol–water partition coefficient (Wildman–Crippen LogP) is 1.31. The molecule has 2 fully saturated rings. The number of hydrogen-bond donors (Lipinski definition) is 2. The Morgan fingerprint density at radius 3 is 2.96 bits per heavy atom. The van der Waals surface area contributed by atoms with E-state index in [-0.39, 0.29) is 11.8 Å². The maximum absolute atomic E-state index is 12.6. The number of amides is 2. The molecular weight excluding hydrogens is 306 g/mol. The van der Waals surface area contributed by atoms with Crippen LogP contribution in [0.2, 0.25) is 0 Å². The first-order valence-electron chi connectivity index (χ1n) is 8.63. The minimum atomic E-state index is -0.427. The molecule has 2 unspecified atom stereocenters. The van der Waals surface area contributed by atoms with Crippen LogP contribution in [0.25, 0.3) is 0 Å². The van der Waals surface area contributed by atoms with Crippen molar-refractivity contribution in [2.75, 3.05) is 31.6 Å². The number of carbonyl (C=O) groups excluding carboxylic acids is 2. The monoisotopic (exact) mass is 331 g/mol. The van der Waals surface area contributed by atoms with Gasteiger partial charge in [-0.1, -0.05) is 12.1 Å². The number of carbonyl (C=O) groups is 2. The third kappa shape index (κ3) is 3.70. The lowest BCUT2D eigenvalue weighted by Crippen LogP contribution is -2.41. The highest BCUT2D eigenvalue weighted by Crippen LogP contribution is 2.31. The highest BCUT2D eigenvalue weighted by atomic mass is 16.5. The van der Waals surface area contributed by atoms with E-state index in [0.717, 1.165) is 31.6 Å². The van der Waals surface area contributed by atoms with Crippen molar-refractivity contribution >= 4 is 17.5 Å². The number of nitrogens with one attached hydrogen (secondary N) is 2. The van der Waals surface area contributed by atoms with Crippen LogP contribution in [0.15, 0.2) is 24.3 Å². The van der Waals surface area contributed by atoms with E-state index >= 15 is 0 Å². The van der Waals surface area contributed by atoms with Gasteiger partial charge in [-0.2, -0.15) is 0 Å². The highest BCUT2D eigenvalue weighted by Gasteiger charge is 2.34. The predicted molar refractivity (Wildman–Crippen MR) is 92.1 cm³/mol. The molecule has 2 N–H and O–H groups in total. The molecule has 130 valence electrons.